The molecule has 2 aliphatic heterocycles. The van der Waals surface area contributed by atoms with Crippen LogP contribution in [0.5, 0.6) is 0 Å². The molecule has 1 amide bonds. The topological polar surface area (TPSA) is 41.5 Å². The van der Waals surface area contributed by atoms with Gasteiger partial charge in [0.25, 0.3) is 5.91 Å². The Balaban J connectivity index is 0.000000605. The molecule has 0 atom stereocenters. The standard InChI is InChI=1S/C7H6N2O/c10-7-1-5-2-8-3-6(5)4-9-7/h1,3-4,8H,2H2/p+1. The van der Waals surface area contributed by atoms with Crippen LogP contribution in [-0.4, -0.2) is 18.7 Å². The van der Waals surface area contributed by atoms with Gasteiger partial charge in [-0.05, 0) is 5.57 Å². The lowest BCUT2D eigenvalue weighted by atomic mass is 10.1. The summed E-state index contributed by atoms with van der Waals surface area (Å²) in [7, 11) is 0. The second-order valence-corrected chi connectivity index (χ2v) is 2.25. The van der Waals surface area contributed by atoms with Crippen LogP contribution in [0.4, 0.5) is 0 Å². The van der Waals surface area contributed by atoms with Crippen molar-refractivity contribution in [3.63, 3.8) is 0 Å². The van der Waals surface area contributed by atoms with Crippen molar-refractivity contribution in [1.82, 2.24) is 5.32 Å². The lowest BCUT2D eigenvalue weighted by molar-refractivity contribution is -0.113. The number of rotatable bonds is 0. The average Bonchev–Trinajstić information content (AvgIpc) is 2.33. The highest BCUT2D eigenvalue weighted by atomic mass is 16.1. The van der Waals surface area contributed by atoms with Crippen molar-refractivity contribution in [2.24, 2.45) is 4.99 Å². The molecule has 10 heavy (non-hydrogen) atoms. The Bertz CT molecular complexity index is 278. The third-order valence-electron chi connectivity index (χ3n) is 1.55. The van der Waals surface area contributed by atoms with Crippen LogP contribution in [0.25, 0.3) is 0 Å². The van der Waals surface area contributed by atoms with E-state index in [0.717, 1.165) is 17.7 Å². The van der Waals surface area contributed by atoms with E-state index in [4.69, 9.17) is 0 Å². The molecule has 0 saturated heterocycles. The van der Waals surface area contributed by atoms with Gasteiger partial charge in [-0.3, -0.25) is 4.79 Å². The Kier molecular flexibility index (Phi) is 0.974. The first kappa shape index (κ1) is 5.41. The fourth-order valence-electron chi connectivity index (χ4n) is 1.04. The van der Waals surface area contributed by atoms with Crippen LogP contribution in [0.1, 0.15) is 1.43 Å². The molecule has 0 aromatic carbocycles. The molecular weight excluding hydrogens is 128 g/mol. The highest BCUT2D eigenvalue weighted by Gasteiger charge is 2.13. The normalized spacial score (nSPS) is 21.4. The molecule has 1 N–H and O–H groups in total. The second kappa shape index (κ2) is 1.80. The minimum Gasteiger partial charge on any atom is -0.386 e. The van der Waals surface area contributed by atoms with Crippen molar-refractivity contribution in [3.8, 4) is 0 Å². The number of carbonyl (C=O) groups excluding carboxylic acids is 1. The van der Waals surface area contributed by atoms with E-state index in [-0.39, 0.29) is 7.33 Å². The Hall–Kier alpha value is -1.38. The maximum absolute atomic E-state index is 10.7. The zero-order valence-corrected chi connectivity index (χ0v) is 5.29. The van der Waals surface area contributed by atoms with Crippen molar-refractivity contribution in [1.29, 1.82) is 0 Å². The monoisotopic (exact) mass is 135 g/mol. The molecule has 0 aromatic rings. The number of dihydropyridines is 1. The molecule has 50 valence electrons. The Morgan fingerprint density at radius 1 is 1.70 bits per heavy atom. The number of carbonyl (C=O) groups is 1. The van der Waals surface area contributed by atoms with Crippen molar-refractivity contribution in [2.45, 2.75) is 0 Å². The highest BCUT2D eigenvalue weighted by molar-refractivity contribution is 6.05. The molecule has 2 heterocycles. The van der Waals surface area contributed by atoms with Gasteiger partial charge >= 0.3 is 1.43 Å². The highest BCUT2D eigenvalue weighted by Crippen LogP contribution is 2.14. The van der Waals surface area contributed by atoms with Gasteiger partial charge < -0.3 is 5.32 Å². The fraction of sp³-hybridized carbons (Fsp3) is 0.143. The Morgan fingerprint density at radius 3 is 3.50 bits per heavy atom. The third kappa shape index (κ3) is 0.673. The summed E-state index contributed by atoms with van der Waals surface area (Å²) in [6, 6.07) is 0. The Labute approximate surface area is 59.6 Å². The van der Waals surface area contributed by atoms with Crippen molar-refractivity contribution >= 4 is 12.1 Å². The largest absolute Gasteiger partial charge is 1.00 e. The number of aliphatic imine (C=N–C) groups is 1. The summed E-state index contributed by atoms with van der Waals surface area (Å²) in [6.45, 7) is 0.757. The van der Waals surface area contributed by atoms with E-state index in [1.54, 1.807) is 12.3 Å². The molecule has 0 aromatic heterocycles. The summed E-state index contributed by atoms with van der Waals surface area (Å²) in [5, 5.41) is 3.01. The zero-order valence-electron chi connectivity index (χ0n) is 6.29. The maximum atomic E-state index is 10.7. The summed E-state index contributed by atoms with van der Waals surface area (Å²) in [5.74, 6) is -0.157. The van der Waals surface area contributed by atoms with Gasteiger partial charge in [-0.2, -0.15) is 0 Å². The van der Waals surface area contributed by atoms with Gasteiger partial charge in [-0.1, -0.05) is 0 Å². The van der Waals surface area contributed by atoms with Gasteiger partial charge in [0.2, 0.25) is 0 Å². The van der Waals surface area contributed by atoms with Crippen molar-refractivity contribution < 1.29 is 6.22 Å². The molecule has 0 unspecified atom stereocenters. The van der Waals surface area contributed by atoms with E-state index in [2.05, 4.69) is 10.3 Å². The van der Waals surface area contributed by atoms with Crippen LogP contribution in [-0.2, 0) is 4.79 Å². The molecular formula is C7H7N2O+. The SMILES string of the molecule is O=C1C=C2CNC=C2C=N1.[H+]. The van der Waals surface area contributed by atoms with Crippen LogP contribution in [0.2, 0.25) is 0 Å². The van der Waals surface area contributed by atoms with Gasteiger partial charge in [0.1, 0.15) is 0 Å². The van der Waals surface area contributed by atoms with Gasteiger partial charge in [0.05, 0.1) is 0 Å². The first-order valence-corrected chi connectivity index (χ1v) is 3.09. The molecule has 2 rings (SSSR count). The second-order valence-electron chi connectivity index (χ2n) is 2.25. The van der Waals surface area contributed by atoms with Crippen molar-refractivity contribution in [2.75, 3.05) is 6.54 Å². The first-order chi connectivity index (χ1) is 4.86. The maximum Gasteiger partial charge on any atom is 1.00 e. The molecule has 0 fully saturated rings. The zero-order chi connectivity index (χ0) is 6.97. The van der Waals surface area contributed by atoms with E-state index in [1.165, 1.54) is 0 Å². The van der Waals surface area contributed by atoms with Crippen LogP contribution < -0.4 is 5.32 Å². The number of hydrogen-bond acceptors (Lipinski definition) is 2. The number of hydrogen-bond donors (Lipinski definition) is 1. The quantitative estimate of drug-likeness (QED) is 0.512. The first-order valence-electron chi connectivity index (χ1n) is 3.09. The Morgan fingerprint density at radius 2 is 2.60 bits per heavy atom. The van der Waals surface area contributed by atoms with E-state index in [0.29, 0.717) is 0 Å². The predicted molar refractivity (Wildman–Crippen MR) is 38.8 cm³/mol. The van der Waals surface area contributed by atoms with Gasteiger partial charge in [0, 0.05) is 30.6 Å². The summed E-state index contributed by atoms with van der Waals surface area (Å²) < 4.78 is 0. The fourth-order valence-corrected chi connectivity index (χ4v) is 1.04. The summed E-state index contributed by atoms with van der Waals surface area (Å²) in [6.07, 6.45) is 5.02. The van der Waals surface area contributed by atoms with E-state index in [9.17, 15) is 4.79 Å². The smallest absolute Gasteiger partial charge is 0.386 e. The minimum absolute atomic E-state index is 0. The molecule has 2 aliphatic rings. The summed E-state index contributed by atoms with van der Waals surface area (Å²) in [5.41, 5.74) is 2.07. The summed E-state index contributed by atoms with van der Waals surface area (Å²) >= 11 is 0. The molecule has 3 nitrogen and oxygen atoms in total. The van der Waals surface area contributed by atoms with Gasteiger partial charge in [0.15, 0.2) is 0 Å². The van der Waals surface area contributed by atoms with Crippen molar-refractivity contribution in [3.05, 3.63) is 23.4 Å². The predicted octanol–water partition coefficient (Wildman–Crippen LogP) is 0.123. The van der Waals surface area contributed by atoms with Crippen LogP contribution >= 0.6 is 0 Å². The number of fused-ring (bicyclic) bond motifs is 1. The molecule has 0 radical (unpaired) electrons. The van der Waals surface area contributed by atoms with E-state index in [1.807, 2.05) is 6.20 Å². The number of nitrogens with one attached hydrogen (secondary N) is 1. The average molecular weight is 135 g/mol. The number of nitrogens with zero attached hydrogens (tertiary/aromatic N) is 1. The van der Waals surface area contributed by atoms with Gasteiger partial charge in [-0.15, -0.1) is 0 Å². The molecule has 3 heteroatoms. The minimum atomic E-state index is -0.157. The van der Waals surface area contributed by atoms with Crippen LogP contribution in [0, 0.1) is 0 Å². The molecule has 0 bridgehead atoms. The van der Waals surface area contributed by atoms with E-state index < -0.39 is 0 Å². The lowest BCUT2D eigenvalue weighted by Crippen LogP contribution is -2.05. The van der Waals surface area contributed by atoms with Gasteiger partial charge in [-0.25, -0.2) is 4.99 Å². The molecule has 0 aliphatic carbocycles. The van der Waals surface area contributed by atoms with Crippen LogP contribution in [0.3, 0.4) is 0 Å². The van der Waals surface area contributed by atoms with Crippen LogP contribution in [0.15, 0.2) is 28.4 Å². The number of amides is 1. The third-order valence-corrected chi connectivity index (χ3v) is 1.55. The summed E-state index contributed by atoms with van der Waals surface area (Å²) in [4.78, 5) is 14.3. The molecule has 0 saturated carbocycles. The van der Waals surface area contributed by atoms with E-state index >= 15 is 0 Å². The molecule has 0 spiro atoms. The lowest BCUT2D eigenvalue weighted by Gasteiger charge is -2.00.